The van der Waals surface area contributed by atoms with Gasteiger partial charge >= 0.3 is 0 Å². The number of hydrogen-bond acceptors (Lipinski definition) is 9. The number of rotatable bonds is 6. The summed E-state index contributed by atoms with van der Waals surface area (Å²) in [5.41, 5.74) is 11.3. The fraction of sp³-hybridized carbons (Fsp3) is 0.400. The average Bonchev–Trinajstić information content (AvgIpc) is 3.15. The molecule has 3 aromatic carbocycles. The lowest BCUT2D eigenvalue weighted by Gasteiger charge is -2.42. The number of fused-ring (bicyclic) bond motifs is 1. The van der Waals surface area contributed by atoms with Crippen molar-refractivity contribution in [3.05, 3.63) is 83.7 Å². The average molecular weight is 691 g/mol. The van der Waals surface area contributed by atoms with Crippen LogP contribution in [-0.2, 0) is 9.59 Å². The number of nitrogens with zero attached hydrogens (tertiary/aromatic N) is 4. The molecule has 3 aliphatic heterocycles. The molecule has 2 saturated heterocycles. The Kier molecular flexibility index (Phi) is 9.06. The minimum Gasteiger partial charge on any atom is -0.507 e. The van der Waals surface area contributed by atoms with Gasteiger partial charge in [0, 0.05) is 29.2 Å². The molecule has 51 heavy (non-hydrogen) atoms. The fourth-order valence-corrected chi connectivity index (χ4v) is 8.71. The zero-order valence-corrected chi connectivity index (χ0v) is 28.6. The molecule has 8 rings (SSSR count). The number of anilines is 2. The van der Waals surface area contributed by atoms with Crippen LogP contribution in [-0.4, -0.2) is 70.3 Å². The molecule has 0 radical (unpaired) electrons. The molecular formula is C40H43FN6O4. The summed E-state index contributed by atoms with van der Waals surface area (Å²) in [6, 6.07) is 20.4. The molecule has 1 saturated carbocycles. The number of benzene rings is 3. The SMILES string of the molecule is Nc1nnc(-c2ccccc2O)cc1-c1cc(C2CCN([C@H]3CC[C@H](c4cccc5c4OCCN5[C@H]4CCC(=O)NC4=O)CC3)CC2)ccc1F. The third kappa shape index (κ3) is 6.51. The lowest BCUT2D eigenvalue weighted by atomic mass is 9.79. The molecule has 4 N–H and O–H groups in total. The van der Waals surface area contributed by atoms with Crippen molar-refractivity contribution in [1.29, 1.82) is 0 Å². The number of nitrogens with one attached hydrogen (secondary N) is 1. The first-order chi connectivity index (χ1) is 24.8. The van der Waals surface area contributed by atoms with Crippen molar-refractivity contribution in [3.8, 4) is 33.9 Å². The van der Waals surface area contributed by atoms with Gasteiger partial charge in [-0.15, -0.1) is 10.2 Å². The summed E-state index contributed by atoms with van der Waals surface area (Å²) in [6.07, 6.45) is 7.26. The first-order valence-electron chi connectivity index (χ1n) is 18.2. The lowest BCUT2D eigenvalue weighted by Crippen LogP contribution is -2.54. The van der Waals surface area contributed by atoms with E-state index < -0.39 is 0 Å². The van der Waals surface area contributed by atoms with E-state index in [0.717, 1.165) is 68.6 Å². The molecule has 264 valence electrons. The predicted molar refractivity (Wildman–Crippen MR) is 193 cm³/mol. The Balaban J connectivity index is 0.910. The number of ether oxygens (including phenoxy) is 1. The van der Waals surface area contributed by atoms with Gasteiger partial charge in [-0.25, -0.2) is 4.39 Å². The number of likely N-dealkylation sites (tertiary alicyclic amines) is 1. The predicted octanol–water partition coefficient (Wildman–Crippen LogP) is 6.15. The van der Waals surface area contributed by atoms with Gasteiger partial charge in [0.25, 0.3) is 0 Å². The Labute approximate surface area is 296 Å². The molecule has 11 heteroatoms. The van der Waals surface area contributed by atoms with Crippen molar-refractivity contribution in [2.45, 2.75) is 75.3 Å². The first kappa shape index (κ1) is 33.1. The van der Waals surface area contributed by atoms with Crippen LogP contribution in [0.3, 0.4) is 0 Å². The Bertz CT molecular complexity index is 1960. The van der Waals surface area contributed by atoms with Crippen LogP contribution in [0, 0.1) is 5.82 Å². The second-order valence-corrected chi connectivity index (χ2v) is 14.3. The summed E-state index contributed by atoms with van der Waals surface area (Å²) in [7, 11) is 0. The number of carbonyl (C=O) groups is 2. The molecule has 4 aliphatic rings. The molecule has 1 atom stereocenters. The number of halogens is 1. The summed E-state index contributed by atoms with van der Waals surface area (Å²) < 4.78 is 21.6. The number of piperidine rings is 2. The molecule has 0 spiro atoms. The Hall–Kier alpha value is -5.03. The van der Waals surface area contributed by atoms with E-state index in [0.29, 0.717) is 66.3 Å². The van der Waals surface area contributed by atoms with Gasteiger partial charge in [-0.3, -0.25) is 14.9 Å². The number of nitrogens with two attached hydrogens (primary N) is 1. The number of nitrogen functional groups attached to an aromatic ring is 1. The maximum Gasteiger partial charge on any atom is 0.249 e. The normalized spacial score (nSPS) is 23.0. The smallest absolute Gasteiger partial charge is 0.249 e. The van der Waals surface area contributed by atoms with E-state index in [1.54, 1.807) is 30.3 Å². The third-order valence-electron chi connectivity index (χ3n) is 11.4. The van der Waals surface area contributed by atoms with Crippen molar-refractivity contribution in [1.82, 2.24) is 20.4 Å². The van der Waals surface area contributed by atoms with Crippen molar-refractivity contribution in [3.63, 3.8) is 0 Å². The van der Waals surface area contributed by atoms with Crippen LogP contribution in [0.5, 0.6) is 11.5 Å². The number of para-hydroxylation sites is 2. The van der Waals surface area contributed by atoms with Crippen molar-refractivity contribution in [2.24, 2.45) is 0 Å². The number of carbonyl (C=O) groups excluding carboxylic acids is 2. The monoisotopic (exact) mass is 690 g/mol. The van der Waals surface area contributed by atoms with Crippen LogP contribution >= 0.6 is 0 Å². The van der Waals surface area contributed by atoms with Gasteiger partial charge in [0.15, 0.2) is 5.82 Å². The maximum absolute atomic E-state index is 15.3. The second kappa shape index (κ2) is 13.9. The second-order valence-electron chi connectivity index (χ2n) is 14.3. The highest BCUT2D eigenvalue weighted by atomic mass is 19.1. The van der Waals surface area contributed by atoms with Crippen LogP contribution < -0.4 is 20.7 Å². The van der Waals surface area contributed by atoms with E-state index in [4.69, 9.17) is 10.5 Å². The molecule has 0 unspecified atom stereocenters. The molecule has 4 heterocycles. The number of aromatic hydroxyl groups is 1. The molecule has 10 nitrogen and oxygen atoms in total. The molecule has 3 fully saturated rings. The highest BCUT2D eigenvalue weighted by molar-refractivity contribution is 6.02. The van der Waals surface area contributed by atoms with Crippen LogP contribution in [0.25, 0.3) is 22.4 Å². The number of phenolic OH excluding ortho intramolecular Hbond substituents is 1. The van der Waals surface area contributed by atoms with Gasteiger partial charge < -0.3 is 25.4 Å². The van der Waals surface area contributed by atoms with Crippen molar-refractivity contribution >= 4 is 23.3 Å². The van der Waals surface area contributed by atoms with E-state index in [2.05, 4.69) is 37.4 Å². The molecule has 2 amide bonds. The van der Waals surface area contributed by atoms with E-state index in [9.17, 15) is 14.7 Å². The summed E-state index contributed by atoms with van der Waals surface area (Å²) in [5, 5.41) is 21.1. The van der Waals surface area contributed by atoms with Crippen LogP contribution in [0.15, 0.2) is 66.7 Å². The van der Waals surface area contributed by atoms with Crippen molar-refractivity contribution < 1.29 is 23.8 Å². The number of aromatic nitrogens is 2. The first-order valence-corrected chi connectivity index (χ1v) is 18.2. The van der Waals surface area contributed by atoms with E-state index in [1.165, 1.54) is 11.6 Å². The van der Waals surface area contributed by atoms with Crippen LogP contribution in [0.1, 0.15) is 74.3 Å². The van der Waals surface area contributed by atoms with Crippen LogP contribution in [0.4, 0.5) is 15.9 Å². The number of phenols is 1. The highest BCUT2D eigenvalue weighted by Gasteiger charge is 2.37. The van der Waals surface area contributed by atoms with Gasteiger partial charge in [0.1, 0.15) is 30.0 Å². The number of amides is 2. The zero-order chi connectivity index (χ0) is 35.1. The molecule has 1 aromatic heterocycles. The Morgan fingerprint density at radius 3 is 2.41 bits per heavy atom. The summed E-state index contributed by atoms with van der Waals surface area (Å²) in [6.45, 7) is 3.13. The Morgan fingerprint density at radius 2 is 1.63 bits per heavy atom. The van der Waals surface area contributed by atoms with Gasteiger partial charge in [-0.1, -0.05) is 30.3 Å². The molecule has 0 bridgehead atoms. The van der Waals surface area contributed by atoms with Gasteiger partial charge in [0.2, 0.25) is 11.8 Å². The van der Waals surface area contributed by atoms with Gasteiger partial charge in [-0.2, -0.15) is 0 Å². The maximum atomic E-state index is 15.3. The minimum absolute atomic E-state index is 0.0726. The number of hydrogen-bond donors (Lipinski definition) is 3. The zero-order valence-electron chi connectivity index (χ0n) is 28.6. The van der Waals surface area contributed by atoms with Crippen molar-refractivity contribution in [2.75, 3.05) is 36.9 Å². The third-order valence-corrected chi connectivity index (χ3v) is 11.4. The largest absolute Gasteiger partial charge is 0.507 e. The highest BCUT2D eigenvalue weighted by Crippen LogP contribution is 2.46. The van der Waals surface area contributed by atoms with E-state index >= 15 is 4.39 Å². The standard InChI is InChI=1S/C40H43FN6O4/c41-32-13-10-26(22-30(32)31-23-33(44-45-39(31)42)29-4-1-2-7-36(29)48)24-16-18-46(19-17-24)27-11-8-25(9-12-27)28-5-3-6-34-38(28)51-21-20-47(34)35-14-15-37(49)43-40(35)50/h1-7,10,13,22-25,27,35,48H,8-9,11-12,14-21H2,(H2,42,45)(H,43,49,50)/t25-,27-,35-/m0/s1. The Morgan fingerprint density at radius 1 is 0.824 bits per heavy atom. The van der Waals surface area contributed by atoms with Gasteiger partial charge in [-0.05, 0) is 117 Å². The van der Waals surface area contributed by atoms with Gasteiger partial charge in [0.05, 0.1) is 17.9 Å². The number of imide groups is 1. The van der Waals surface area contributed by atoms with E-state index in [-0.39, 0.29) is 35.2 Å². The molecule has 4 aromatic rings. The molecule has 1 aliphatic carbocycles. The molecular weight excluding hydrogens is 647 g/mol. The minimum atomic E-state index is -0.371. The fourth-order valence-electron chi connectivity index (χ4n) is 8.71. The van der Waals surface area contributed by atoms with E-state index in [1.807, 2.05) is 18.2 Å². The summed E-state index contributed by atoms with van der Waals surface area (Å²) in [5.74, 6) is 1.03. The quantitative estimate of drug-likeness (QED) is 0.204. The van der Waals surface area contributed by atoms with Crippen LogP contribution in [0.2, 0.25) is 0 Å². The summed E-state index contributed by atoms with van der Waals surface area (Å²) in [4.78, 5) is 29.2. The summed E-state index contributed by atoms with van der Waals surface area (Å²) >= 11 is 0. The lowest BCUT2D eigenvalue weighted by molar-refractivity contribution is -0.134. The topological polar surface area (TPSA) is 134 Å².